The highest BCUT2D eigenvalue weighted by Crippen LogP contribution is 2.27. The first kappa shape index (κ1) is 11.7. The minimum Gasteiger partial charge on any atom is -0.410 e. The van der Waals surface area contributed by atoms with Crippen LogP contribution in [-0.2, 0) is 12.8 Å². The molecule has 1 aromatic heterocycles. The number of aryl methyl sites for hydroxylation is 1. The number of fused-ring (bicyclic) bond motifs is 1. The predicted octanol–water partition coefficient (Wildman–Crippen LogP) is 3.18. The van der Waals surface area contributed by atoms with Crippen LogP contribution < -0.4 is 10.1 Å². The summed E-state index contributed by atoms with van der Waals surface area (Å²) in [6, 6.07) is 10.8. The van der Waals surface area contributed by atoms with Gasteiger partial charge in [0.05, 0.1) is 5.69 Å². The maximum Gasteiger partial charge on any atom is 0.417 e. The second-order valence-corrected chi connectivity index (χ2v) is 4.46. The number of aromatic nitrogens is 1. The molecule has 0 saturated heterocycles. The van der Waals surface area contributed by atoms with Crippen molar-refractivity contribution in [3.8, 4) is 5.75 Å². The molecular weight excluding hydrogens is 240 g/mol. The Hall–Kier alpha value is -2.36. The molecule has 0 spiro atoms. The number of benzene rings is 1. The van der Waals surface area contributed by atoms with E-state index in [0.717, 1.165) is 36.2 Å². The van der Waals surface area contributed by atoms with Gasteiger partial charge >= 0.3 is 6.09 Å². The highest BCUT2D eigenvalue weighted by molar-refractivity contribution is 5.87. The van der Waals surface area contributed by atoms with E-state index in [9.17, 15) is 4.79 Å². The van der Waals surface area contributed by atoms with E-state index in [-0.39, 0.29) is 0 Å². The largest absolute Gasteiger partial charge is 0.417 e. The molecule has 1 amide bonds. The summed E-state index contributed by atoms with van der Waals surface area (Å²) >= 11 is 0. The molecule has 1 heterocycles. The summed E-state index contributed by atoms with van der Waals surface area (Å²) in [5.41, 5.74) is 3.02. The monoisotopic (exact) mass is 254 g/mol. The van der Waals surface area contributed by atoms with Crippen LogP contribution >= 0.6 is 0 Å². The number of nitrogens with one attached hydrogen (secondary N) is 1. The van der Waals surface area contributed by atoms with Crippen molar-refractivity contribution >= 4 is 11.8 Å². The number of para-hydroxylation sites is 1. The van der Waals surface area contributed by atoms with E-state index in [4.69, 9.17) is 4.74 Å². The van der Waals surface area contributed by atoms with Crippen LogP contribution in [0.15, 0.2) is 42.6 Å². The van der Waals surface area contributed by atoms with E-state index in [1.165, 1.54) is 0 Å². The Bertz CT molecular complexity index is 596. The second-order valence-electron chi connectivity index (χ2n) is 4.46. The highest BCUT2D eigenvalue weighted by atomic mass is 16.6. The molecule has 3 rings (SSSR count). The van der Waals surface area contributed by atoms with E-state index in [0.29, 0.717) is 5.75 Å². The van der Waals surface area contributed by atoms with Crippen molar-refractivity contribution < 1.29 is 9.53 Å². The molecule has 1 aromatic carbocycles. The molecule has 0 unspecified atom stereocenters. The van der Waals surface area contributed by atoms with Gasteiger partial charge < -0.3 is 4.74 Å². The standard InChI is InChI=1S/C15H14N2O2/c18-15(19-11-5-2-1-3-6-11)17-14-9-10-16-13-8-4-7-12(13)14/h1-3,5-6,9-10H,4,7-8H2,(H,16,17,18). The molecule has 0 bridgehead atoms. The van der Waals surface area contributed by atoms with E-state index < -0.39 is 6.09 Å². The van der Waals surface area contributed by atoms with Crippen molar-refractivity contribution in [2.24, 2.45) is 0 Å². The molecule has 0 atom stereocenters. The number of amides is 1. The summed E-state index contributed by atoms with van der Waals surface area (Å²) in [6.45, 7) is 0. The lowest BCUT2D eigenvalue weighted by Crippen LogP contribution is -2.17. The highest BCUT2D eigenvalue weighted by Gasteiger charge is 2.17. The van der Waals surface area contributed by atoms with Gasteiger partial charge in [-0.2, -0.15) is 0 Å². The van der Waals surface area contributed by atoms with Gasteiger partial charge in [-0.05, 0) is 43.0 Å². The van der Waals surface area contributed by atoms with Gasteiger partial charge in [-0.25, -0.2) is 4.79 Å². The SMILES string of the molecule is O=C(Nc1ccnc2c1CCC2)Oc1ccccc1. The van der Waals surface area contributed by atoms with E-state index in [1.54, 1.807) is 18.3 Å². The summed E-state index contributed by atoms with van der Waals surface area (Å²) in [4.78, 5) is 16.1. The zero-order valence-electron chi connectivity index (χ0n) is 10.4. The average molecular weight is 254 g/mol. The minimum atomic E-state index is -0.466. The second kappa shape index (κ2) is 5.10. The Balaban J connectivity index is 1.72. The number of hydrogen-bond donors (Lipinski definition) is 1. The van der Waals surface area contributed by atoms with Gasteiger partial charge in [-0.15, -0.1) is 0 Å². The van der Waals surface area contributed by atoms with Crippen molar-refractivity contribution in [2.75, 3.05) is 5.32 Å². The van der Waals surface area contributed by atoms with Crippen LogP contribution in [0.2, 0.25) is 0 Å². The van der Waals surface area contributed by atoms with Crippen LogP contribution in [0, 0.1) is 0 Å². The van der Waals surface area contributed by atoms with Crippen LogP contribution in [0.5, 0.6) is 5.75 Å². The van der Waals surface area contributed by atoms with Gasteiger partial charge in [0.1, 0.15) is 5.75 Å². The Kier molecular flexibility index (Phi) is 3.14. The maximum atomic E-state index is 11.8. The summed E-state index contributed by atoms with van der Waals surface area (Å²) in [5.74, 6) is 0.533. The van der Waals surface area contributed by atoms with Gasteiger partial charge in [0, 0.05) is 11.9 Å². The van der Waals surface area contributed by atoms with E-state index >= 15 is 0 Å². The quantitative estimate of drug-likeness (QED) is 0.895. The molecule has 19 heavy (non-hydrogen) atoms. The average Bonchev–Trinajstić information content (AvgIpc) is 2.89. The van der Waals surface area contributed by atoms with Gasteiger partial charge in [0.2, 0.25) is 0 Å². The molecule has 1 N–H and O–H groups in total. The lowest BCUT2D eigenvalue weighted by Gasteiger charge is -2.09. The third kappa shape index (κ3) is 2.57. The number of hydrogen-bond acceptors (Lipinski definition) is 3. The first-order chi connectivity index (χ1) is 9.33. The number of anilines is 1. The fourth-order valence-electron chi connectivity index (χ4n) is 2.31. The first-order valence-corrected chi connectivity index (χ1v) is 6.33. The van der Waals surface area contributed by atoms with Gasteiger partial charge in [-0.3, -0.25) is 10.3 Å². The molecule has 4 heteroatoms. The smallest absolute Gasteiger partial charge is 0.410 e. The third-order valence-electron chi connectivity index (χ3n) is 3.18. The van der Waals surface area contributed by atoms with Crippen LogP contribution in [0.3, 0.4) is 0 Å². The third-order valence-corrected chi connectivity index (χ3v) is 3.18. The molecule has 1 aliphatic carbocycles. The Morgan fingerprint density at radius 2 is 2.00 bits per heavy atom. The molecule has 0 saturated carbocycles. The number of ether oxygens (including phenoxy) is 1. The van der Waals surface area contributed by atoms with Crippen molar-refractivity contribution in [3.63, 3.8) is 0 Å². The molecule has 4 nitrogen and oxygen atoms in total. The minimum absolute atomic E-state index is 0.466. The fraction of sp³-hybridized carbons (Fsp3) is 0.200. The summed E-state index contributed by atoms with van der Waals surface area (Å²) in [7, 11) is 0. The van der Waals surface area contributed by atoms with Gasteiger partial charge in [0.25, 0.3) is 0 Å². The van der Waals surface area contributed by atoms with Crippen molar-refractivity contribution in [1.29, 1.82) is 0 Å². The van der Waals surface area contributed by atoms with Crippen LogP contribution in [-0.4, -0.2) is 11.1 Å². The van der Waals surface area contributed by atoms with Crippen molar-refractivity contribution in [2.45, 2.75) is 19.3 Å². The van der Waals surface area contributed by atoms with Crippen LogP contribution in [0.1, 0.15) is 17.7 Å². The number of pyridine rings is 1. The number of nitrogens with zero attached hydrogens (tertiary/aromatic N) is 1. The molecular formula is C15H14N2O2. The van der Waals surface area contributed by atoms with E-state index in [1.807, 2.05) is 24.3 Å². The van der Waals surface area contributed by atoms with Crippen LogP contribution in [0.4, 0.5) is 10.5 Å². The summed E-state index contributed by atoms with van der Waals surface area (Å²) < 4.78 is 5.21. The molecule has 1 aliphatic rings. The predicted molar refractivity (Wildman–Crippen MR) is 72.4 cm³/mol. The zero-order valence-corrected chi connectivity index (χ0v) is 10.4. The van der Waals surface area contributed by atoms with Gasteiger partial charge in [0.15, 0.2) is 0 Å². The summed E-state index contributed by atoms with van der Waals surface area (Å²) in [6.07, 6.45) is 4.30. The van der Waals surface area contributed by atoms with Crippen molar-refractivity contribution in [1.82, 2.24) is 4.98 Å². The lowest BCUT2D eigenvalue weighted by molar-refractivity contribution is 0.215. The number of carbonyl (C=O) groups excluding carboxylic acids is 1. The molecule has 0 fully saturated rings. The molecule has 0 aliphatic heterocycles. The molecule has 96 valence electrons. The van der Waals surface area contributed by atoms with Crippen molar-refractivity contribution in [3.05, 3.63) is 53.9 Å². The Labute approximate surface area is 111 Å². The molecule has 2 aromatic rings. The zero-order chi connectivity index (χ0) is 13.1. The Morgan fingerprint density at radius 3 is 2.84 bits per heavy atom. The number of rotatable bonds is 2. The topological polar surface area (TPSA) is 51.2 Å². The first-order valence-electron chi connectivity index (χ1n) is 6.33. The lowest BCUT2D eigenvalue weighted by atomic mass is 10.2. The summed E-state index contributed by atoms with van der Waals surface area (Å²) in [5, 5.41) is 2.79. The van der Waals surface area contributed by atoms with Gasteiger partial charge in [-0.1, -0.05) is 18.2 Å². The fourth-order valence-corrected chi connectivity index (χ4v) is 2.31. The number of carbonyl (C=O) groups is 1. The van der Waals surface area contributed by atoms with Crippen LogP contribution in [0.25, 0.3) is 0 Å². The maximum absolute atomic E-state index is 11.8. The molecule has 0 radical (unpaired) electrons. The Morgan fingerprint density at radius 1 is 1.16 bits per heavy atom. The van der Waals surface area contributed by atoms with E-state index in [2.05, 4.69) is 10.3 Å². The normalized spacial score (nSPS) is 12.8.